The molecule has 276 valence electrons. The third kappa shape index (κ3) is 9.28. The summed E-state index contributed by atoms with van der Waals surface area (Å²) in [6, 6.07) is 22.2. The Hall–Kier alpha value is -5.11. The zero-order chi connectivity index (χ0) is 36.7. The number of benzene rings is 3. The lowest BCUT2D eigenvalue weighted by molar-refractivity contribution is -0.134. The van der Waals surface area contributed by atoms with Gasteiger partial charge in [-0.1, -0.05) is 35.9 Å². The number of hydrogen-bond donors (Lipinski definition) is 4. The Balaban J connectivity index is 0.806. The molecule has 0 saturated carbocycles. The van der Waals surface area contributed by atoms with Crippen molar-refractivity contribution in [1.29, 1.82) is 0 Å². The van der Waals surface area contributed by atoms with Gasteiger partial charge in [0.2, 0.25) is 17.8 Å². The molecule has 3 aromatic carbocycles. The number of amides is 3. The normalized spacial score (nSPS) is 18.8. The van der Waals surface area contributed by atoms with E-state index in [1.165, 1.54) is 5.69 Å². The van der Waals surface area contributed by atoms with Gasteiger partial charge in [-0.25, -0.2) is 14.4 Å². The molecule has 3 aliphatic rings. The van der Waals surface area contributed by atoms with E-state index in [0.717, 1.165) is 76.8 Å². The van der Waals surface area contributed by atoms with Crippen molar-refractivity contribution in [1.82, 2.24) is 30.6 Å². The van der Waals surface area contributed by atoms with Gasteiger partial charge in [-0.15, -0.1) is 0 Å². The summed E-state index contributed by atoms with van der Waals surface area (Å²) in [5, 5.41) is 10.9. The SMILES string of the molecule is O=C1CCC(c2ccc(N3CCN(CCC4CCN(NC(=O)c5ccc(Nc6ncc(F)c(Nc7ccccc7Cl)n6)cc5)CC4)CC3)cc2)C(=O)N1. The third-order valence-corrected chi connectivity index (χ3v) is 10.6. The number of anilines is 5. The van der Waals surface area contributed by atoms with E-state index in [2.05, 4.69) is 53.3 Å². The average molecular weight is 740 g/mol. The van der Waals surface area contributed by atoms with Crippen molar-refractivity contribution in [3.05, 3.63) is 101 Å². The number of hydrazine groups is 1. The Labute approximate surface area is 313 Å². The smallest absolute Gasteiger partial charge is 0.265 e. The van der Waals surface area contributed by atoms with Crippen LogP contribution in [0, 0.1) is 11.7 Å². The van der Waals surface area contributed by atoms with E-state index in [-0.39, 0.29) is 35.4 Å². The van der Waals surface area contributed by atoms with Crippen molar-refractivity contribution >= 4 is 58.2 Å². The van der Waals surface area contributed by atoms with Crippen molar-refractivity contribution in [3.63, 3.8) is 0 Å². The van der Waals surface area contributed by atoms with Crippen LogP contribution in [0.4, 0.5) is 33.2 Å². The number of nitrogens with zero attached hydrogens (tertiary/aromatic N) is 5. The van der Waals surface area contributed by atoms with E-state index >= 15 is 0 Å². The number of hydrogen-bond acceptors (Lipinski definition) is 10. The second-order valence-corrected chi connectivity index (χ2v) is 14.2. The summed E-state index contributed by atoms with van der Waals surface area (Å²) in [5.74, 6) is -0.615. The molecule has 4 N–H and O–H groups in total. The van der Waals surface area contributed by atoms with E-state index in [0.29, 0.717) is 40.7 Å². The number of para-hydroxylation sites is 1. The van der Waals surface area contributed by atoms with Gasteiger partial charge in [-0.05, 0) is 92.2 Å². The van der Waals surface area contributed by atoms with Crippen LogP contribution in [0.15, 0.2) is 79.0 Å². The Kier molecular flexibility index (Phi) is 11.4. The number of halogens is 2. The number of imide groups is 1. The second kappa shape index (κ2) is 16.7. The minimum Gasteiger partial charge on any atom is -0.369 e. The standard InChI is InChI=1S/C39H43ClFN9O3/c40-32-3-1-2-4-34(32)44-36-33(41)25-42-39(46-36)43-29-9-5-28(6-10-29)37(52)47-50-19-16-26(17-20-50)15-18-48-21-23-49(24-22-48)30-11-7-27(8-12-30)31-13-14-35(51)45-38(31)53/h1-12,25-26,31H,13-24H2,(H,47,52)(H,45,51,53)(H2,42,43,44,46). The summed E-state index contributed by atoms with van der Waals surface area (Å²) in [6.45, 7) is 6.64. The lowest BCUT2D eigenvalue weighted by Crippen LogP contribution is -2.48. The lowest BCUT2D eigenvalue weighted by atomic mass is 9.90. The number of carbonyl (C=O) groups excluding carboxylic acids is 3. The largest absolute Gasteiger partial charge is 0.369 e. The van der Waals surface area contributed by atoms with Crippen molar-refractivity contribution in [3.8, 4) is 0 Å². The van der Waals surface area contributed by atoms with Gasteiger partial charge in [0.05, 0.1) is 22.8 Å². The molecule has 4 heterocycles. The van der Waals surface area contributed by atoms with Gasteiger partial charge < -0.3 is 15.5 Å². The van der Waals surface area contributed by atoms with Crippen LogP contribution in [0.1, 0.15) is 53.9 Å². The summed E-state index contributed by atoms with van der Waals surface area (Å²) in [6.07, 6.45) is 5.25. The van der Waals surface area contributed by atoms with E-state index in [1.807, 2.05) is 17.1 Å². The number of carbonyl (C=O) groups is 3. The topological polar surface area (TPSA) is 135 Å². The monoisotopic (exact) mass is 739 g/mol. The molecule has 3 aliphatic heterocycles. The minimum absolute atomic E-state index is 0.0113. The van der Waals surface area contributed by atoms with Crippen LogP contribution < -0.4 is 26.3 Å². The number of rotatable bonds is 11. The van der Waals surface area contributed by atoms with Gasteiger partial charge in [0, 0.05) is 62.6 Å². The van der Waals surface area contributed by atoms with Crippen molar-refractivity contribution < 1.29 is 18.8 Å². The molecule has 14 heteroatoms. The molecular weight excluding hydrogens is 697 g/mol. The Morgan fingerprint density at radius 2 is 1.62 bits per heavy atom. The molecule has 0 aliphatic carbocycles. The first-order valence-electron chi connectivity index (χ1n) is 18.2. The predicted octanol–water partition coefficient (Wildman–Crippen LogP) is 5.85. The van der Waals surface area contributed by atoms with Gasteiger partial charge >= 0.3 is 0 Å². The van der Waals surface area contributed by atoms with Crippen LogP contribution in [0.2, 0.25) is 5.02 Å². The molecule has 12 nitrogen and oxygen atoms in total. The van der Waals surface area contributed by atoms with E-state index in [4.69, 9.17) is 11.6 Å². The van der Waals surface area contributed by atoms with Gasteiger partial charge in [0.25, 0.3) is 5.91 Å². The molecular formula is C39H43ClFN9O3. The Bertz CT molecular complexity index is 1910. The average Bonchev–Trinajstić information content (AvgIpc) is 3.17. The van der Waals surface area contributed by atoms with Crippen molar-refractivity contribution in [2.45, 2.75) is 38.0 Å². The summed E-state index contributed by atoms with van der Waals surface area (Å²) >= 11 is 6.19. The number of piperazine rings is 1. The molecule has 7 rings (SSSR count). The molecule has 0 bridgehead atoms. The molecule has 3 saturated heterocycles. The zero-order valence-corrected chi connectivity index (χ0v) is 30.1. The first kappa shape index (κ1) is 36.3. The third-order valence-electron chi connectivity index (χ3n) is 10.3. The fraction of sp³-hybridized carbons (Fsp3) is 0.359. The zero-order valence-electron chi connectivity index (χ0n) is 29.4. The quantitative estimate of drug-likeness (QED) is 0.139. The van der Waals surface area contributed by atoms with Gasteiger partial charge in [-0.2, -0.15) is 4.98 Å². The highest BCUT2D eigenvalue weighted by Gasteiger charge is 2.28. The van der Waals surface area contributed by atoms with E-state index < -0.39 is 5.82 Å². The molecule has 1 aromatic heterocycles. The Morgan fingerprint density at radius 1 is 0.887 bits per heavy atom. The number of nitrogens with one attached hydrogen (secondary N) is 4. The molecule has 3 fully saturated rings. The molecule has 4 aromatic rings. The summed E-state index contributed by atoms with van der Waals surface area (Å²) in [7, 11) is 0. The fourth-order valence-electron chi connectivity index (χ4n) is 7.10. The second-order valence-electron chi connectivity index (χ2n) is 13.8. The molecule has 1 atom stereocenters. The summed E-state index contributed by atoms with van der Waals surface area (Å²) < 4.78 is 14.4. The minimum atomic E-state index is -0.615. The highest BCUT2D eigenvalue weighted by Crippen LogP contribution is 2.29. The first-order chi connectivity index (χ1) is 25.8. The van der Waals surface area contributed by atoms with Crippen LogP contribution in [0.5, 0.6) is 0 Å². The molecule has 53 heavy (non-hydrogen) atoms. The highest BCUT2D eigenvalue weighted by atomic mass is 35.5. The van der Waals surface area contributed by atoms with Crippen LogP contribution in [-0.2, 0) is 9.59 Å². The Morgan fingerprint density at radius 3 is 2.34 bits per heavy atom. The summed E-state index contributed by atoms with van der Waals surface area (Å²) in [4.78, 5) is 50.0. The predicted molar refractivity (Wildman–Crippen MR) is 203 cm³/mol. The number of aromatic nitrogens is 2. The van der Waals surface area contributed by atoms with Crippen molar-refractivity contribution in [2.24, 2.45) is 5.92 Å². The van der Waals surface area contributed by atoms with E-state index in [1.54, 1.807) is 48.5 Å². The highest BCUT2D eigenvalue weighted by molar-refractivity contribution is 6.33. The van der Waals surface area contributed by atoms with Gasteiger partial charge in [-0.3, -0.25) is 30.0 Å². The number of piperidine rings is 2. The molecule has 1 unspecified atom stereocenters. The van der Waals surface area contributed by atoms with Crippen LogP contribution in [-0.4, -0.2) is 83.4 Å². The molecule has 0 spiro atoms. The maximum Gasteiger partial charge on any atom is 0.265 e. The fourth-order valence-corrected chi connectivity index (χ4v) is 7.29. The van der Waals surface area contributed by atoms with Gasteiger partial charge in [0.15, 0.2) is 11.6 Å². The van der Waals surface area contributed by atoms with Crippen molar-refractivity contribution in [2.75, 3.05) is 61.3 Å². The molecule has 3 amide bonds. The van der Waals surface area contributed by atoms with Gasteiger partial charge in [0.1, 0.15) is 0 Å². The lowest BCUT2D eigenvalue weighted by Gasteiger charge is -2.37. The molecule has 0 radical (unpaired) electrons. The summed E-state index contributed by atoms with van der Waals surface area (Å²) in [5.41, 5.74) is 6.90. The van der Waals surface area contributed by atoms with Crippen LogP contribution >= 0.6 is 11.6 Å². The van der Waals surface area contributed by atoms with E-state index in [9.17, 15) is 18.8 Å². The first-order valence-corrected chi connectivity index (χ1v) is 18.5. The van der Waals surface area contributed by atoms with Crippen LogP contribution in [0.3, 0.4) is 0 Å². The maximum absolute atomic E-state index is 14.4. The van der Waals surface area contributed by atoms with Crippen LogP contribution in [0.25, 0.3) is 0 Å². The maximum atomic E-state index is 14.4.